The third kappa shape index (κ3) is 6.76. The Morgan fingerprint density at radius 1 is 1.24 bits per heavy atom. The van der Waals surface area contributed by atoms with Crippen LogP contribution in [0.25, 0.3) is 0 Å². The van der Waals surface area contributed by atoms with Gasteiger partial charge in [-0.25, -0.2) is 4.79 Å². The van der Waals surface area contributed by atoms with Crippen LogP contribution in [0.5, 0.6) is 0 Å². The number of rotatable bonds is 3. The van der Waals surface area contributed by atoms with Crippen LogP contribution in [0.15, 0.2) is 24.3 Å². The number of ether oxygens (including phenoxy) is 1. The van der Waals surface area contributed by atoms with Crippen molar-refractivity contribution in [3.63, 3.8) is 0 Å². The molecule has 0 saturated carbocycles. The van der Waals surface area contributed by atoms with E-state index < -0.39 is 16.1 Å². The number of methoxy groups -OCH3 is 1. The molecule has 0 aliphatic rings. The van der Waals surface area contributed by atoms with Gasteiger partial charge in [0, 0.05) is 10.7 Å². The lowest BCUT2D eigenvalue weighted by Crippen LogP contribution is -2.56. The minimum atomic E-state index is -1.83. The number of benzene rings is 1. The smallest absolute Gasteiger partial charge is 0.408 e. The summed E-state index contributed by atoms with van der Waals surface area (Å²) in [7, 11) is 1.19. The Hall–Kier alpha value is -0.660. The van der Waals surface area contributed by atoms with Gasteiger partial charge in [0.05, 0.1) is 7.11 Å². The lowest BCUT2D eigenvalue weighted by molar-refractivity contribution is 0.166. The molecule has 10 heteroatoms. The zero-order valence-corrected chi connectivity index (χ0v) is 14.5. The van der Waals surface area contributed by atoms with Gasteiger partial charge in [0.15, 0.2) is 11.3 Å². The number of hydrogen-bond donors (Lipinski definition) is 3. The van der Waals surface area contributed by atoms with E-state index in [-0.39, 0.29) is 5.11 Å². The van der Waals surface area contributed by atoms with E-state index in [1.807, 2.05) is 0 Å². The number of alkyl carbamates (subject to hydrolysis) is 1. The highest BCUT2D eigenvalue weighted by Gasteiger charge is 2.34. The molecule has 1 amide bonds. The number of nitrogens with one attached hydrogen (secondary N) is 3. The van der Waals surface area contributed by atoms with Crippen molar-refractivity contribution in [3.8, 4) is 0 Å². The molecule has 0 aliphatic carbocycles. The van der Waals surface area contributed by atoms with Crippen LogP contribution < -0.4 is 16.0 Å². The quantitative estimate of drug-likeness (QED) is 0.417. The van der Waals surface area contributed by atoms with E-state index in [9.17, 15) is 4.79 Å². The zero-order valence-electron chi connectivity index (χ0n) is 10.6. The first-order valence-corrected chi connectivity index (χ1v) is 7.38. The van der Waals surface area contributed by atoms with E-state index in [0.29, 0.717) is 10.7 Å². The maximum absolute atomic E-state index is 11.2. The lowest BCUT2D eigenvalue weighted by Gasteiger charge is -2.27. The number of hydrogen-bond acceptors (Lipinski definition) is 3. The molecule has 1 rings (SSSR count). The van der Waals surface area contributed by atoms with Crippen LogP contribution in [0, 0.1) is 0 Å². The number of carbonyl (C=O) groups is 1. The van der Waals surface area contributed by atoms with E-state index in [2.05, 4.69) is 20.7 Å². The van der Waals surface area contributed by atoms with Crippen LogP contribution in [0.2, 0.25) is 5.02 Å². The fraction of sp³-hybridized carbons (Fsp3) is 0.273. The molecule has 0 spiro atoms. The zero-order chi connectivity index (χ0) is 16.0. The van der Waals surface area contributed by atoms with Crippen LogP contribution in [-0.4, -0.2) is 28.3 Å². The molecule has 1 aromatic rings. The largest absolute Gasteiger partial charge is 0.453 e. The predicted molar refractivity (Wildman–Crippen MR) is 90.4 cm³/mol. The number of halogens is 4. The van der Waals surface area contributed by atoms with E-state index in [1.165, 1.54) is 7.11 Å². The van der Waals surface area contributed by atoms with Gasteiger partial charge in [0.1, 0.15) is 0 Å². The fourth-order valence-corrected chi connectivity index (χ4v) is 1.90. The molecule has 3 N–H and O–H groups in total. The van der Waals surface area contributed by atoms with Gasteiger partial charge in [-0.2, -0.15) is 0 Å². The highest BCUT2D eigenvalue weighted by atomic mass is 35.6. The third-order valence-corrected chi connectivity index (χ3v) is 3.28. The second-order valence-electron chi connectivity index (χ2n) is 3.72. The average Bonchev–Trinajstić information content (AvgIpc) is 2.39. The molecule has 21 heavy (non-hydrogen) atoms. The van der Waals surface area contributed by atoms with Crippen molar-refractivity contribution in [1.82, 2.24) is 10.6 Å². The summed E-state index contributed by atoms with van der Waals surface area (Å²) in [6.45, 7) is 0. The Balaban J connectivity index is 2.67. The molecular formula is C11H11Cl4N3O2S. The molecule has 1 atom stereocenters. The summed E-state index contributed by atoms with van der Waals surface area (Å²) in [5.41, 5.74) is 0.679. The highest BCUT2D eigenvalue weighted by Crippen LogP contribution is 2.29. The Morgan fingerprint density at radius 3 is 2.29 bits per heavy atom. The standard InChI is InChI=1S/C11H11Cl4N3O2S/c1-20-10(19)18-8(11(13,14)15)17-9(21)16-7-4-2-6(12)3-5-7/h2-5,8H,1H3,(H,18,19)(H2,16,17,21). The first kappa shape index (κ1) is 18.4. The molecule has 0 bridgehead atoms. The maximum atomic E-state index is 11.2. The second kappa shape index (κ2) is 8.10. The van der Waals surface area contributed by atoms with Gasteiger partial charge in [-0.05, 0) is 36.5 Å². The summed E-state index contributed by atoms with van der Waals surface area (Å²) >= 11 is 28.1. The van der Waals surface area contributed by atoms with Gasteiger partial charge in [0.2, 0.25) is 3.79 Å². The van der Waals surface area contributed by atoms with Crippen LogP contribution in [0.4, 0.5) is 10.5 Å². The SMILES string of the molecule is COC(=O)NC(NC(=S)Nc1ccc(Cl)cc1)C(Cl)(Cl)Cl. The van der Waals surface area contributed by atoms with Crippen molar-refractivity contribution in [2.75, 3.05) is 12.4 Å². The van der Waals surface area contributed by atoms with E-state index in [0.717, 1.165) is 0 Å². The van der Waals surface area contributed by atoms with E-state index >= 15 is 0 Å². The van der Waals surface area contributed by atoms with Crippen molar-refractivity contribution >= 4 is 75.5 Å². The van der Waals surface area contributed by atoms with Gasteiger partial charge < -0.3 is 15.4 Å². The van der Waals surface area contributed by atoms with Crippen LogP contribution >= 0.6 is 58.6 Å². The predicted octanol–water partition coefficient (Wildman–Crippen LogP) is 3.68. The molecule has 0 aliphatic heterocycles. The van der Waals surface area contributed by atoms with E-state index in [1.54, 1.807) is 24.3 Å². The van der Waals surface area contributed by atoms with Gasteiger partial charge in [-0.3, -0.25) is 5.32 Å². The van der Waals surface area contributed by atoms with Gasteiger partial charge in [-0.15, -0.1) is 0 Å². The molecular weight excluding hydrogens is 380 g/mol. The number of amides is 1. The average molecular weight is 391 g/mol. The summed E-state index contributed by atoms with van der Waals surface area (Å²) in [4.78, 5) is 11.2. The summed E-state index contributed by atoms with van der Waals surface area (Å²) in [6.07, 6.45) is -1.85. The molecule has 5 nitrogen and oxygen atoms in total. The minimum Gasteiger partial charge on any atom is -0.453 e. The molecule has 116 valence electrons. The van der Waals surface area contributed by atoms with Crippen molar-refractivity contribution in [3.05, 3.63) is 29.3 Å². The Kier molecular flexibility index (Phi) is 7.09. The summed E-state index contributed by atoms with van der Waals surface area (Å²) in [5, 5.41) is 8.57. The van der Waals surface area contributed by atoms with Crippen molar-refractivity contribution in [2.45, 2.75) is 9.96 Å². The summed E-state index contributed by atoms with van der Waals surface area (Å²) in [5.74, 6) is 0. The Morgan fingerprint density at radius 2 is 1.81 bits per heavy atom. The Bertz CT molecular complexity index is 507. The van der Waals surface area contributed by atoms with E-state index in [4.69, 9.17) is 58.6 Å². The third-order valence-electron chi connectivity index (χ3n) is 2.15. The first-order valence-electron chi connectivity index (χ1n) is 5.46. The van der Waals surface area contributed by atoms with Crippen molar-refractivity contribution in [1.29, 1.82) is 0 Å². The number of alkyl halides is 3. The maximum Gasteiger partial charge on any atom is 0.408 e. The number of carbonyl (C=O) groups excluding carboxylic acids is 1. The fourth-order valence-electron chi connectivity index (χ4n) is 1.21. The molecule has 0 radical (unpaired) electrons. The van der Waals surface area contributed by atoms with Crippen molar-refractivity contribution in [2.24, 2.45) is 0 Å². The number of anilines is 1. The summed E-state index contributed by atoms with van der Waals surface area (Å²) < 4.78 is 2.61. The topological polar surface area (TPSA) is 62.4 Å². The first-order chi connectivity index (χ1) is 9.72. The van der Waals surface area contributed by atoms with Gasteiger partial charge in [0.25, 0.3) is 0 Å². The second-order valence-corrected chi connectivity index (χ2v) is 6.93. The molecule has 1 aromatic carbocycles. The van der Waals surface area contributed by atoms with Crippen LogP contribution in [-0.2, 0) is 4.74 Å². The minimum absolute atomic E-state index is 0.144. The Labute approximate surface area is 147 Å². The number of thiocarbonyl (C=S) groups is 1. The molecule has 1 unspecified atom stereocenters. The van der Waals surface area contributed by atoms with Crippen LogP contribution in [0.1, 0.15) is 0 Å². The molecule has 0 fully saturated rings. The van der Waals surface area contributed by atoms with Crippen LogP contribution in [0.3, 0.4) is 0 Å². The molecule has 0 saturated heterocycles. The normalized spacial score (nSPS) is 12.2. The van der Waals surface area contributed by atoms with Gasteiger partial charge >= 0.3 is 6.09 Å². The summed E-state index contributed by atoms with van der Waals surface area (Å²) in [6, 6.07) is 6.81. The van der Waals surface area contributed by atoms with Gasteiger partial charge in [-0.1, -0.05) is 46.4 Å². The lowest BCUT2D eigenvalue weighted by atomic mass is 10.3. The molecule has 0 aromatic heterocycles. The highest BCUT2D eigenvalue weighted by molar-refractivity contribution is 7.80. The van der Waals surface area contributed by atoms with Crippen molar-refractivity contribution < 1.29 is 9.53 Å². The monoisotopic (exact) mass is 389 g/mol. The molecule has 0 heterocycles.